The lowest BCUT2D eigenvalue weighted by atomic mass is 10.2. The molecule has 1 fully saturated rings. The van der Waals surface area contributed by atoms with Crippen LogP contribution in [0.2, 0.25) is 5.02 Å². The number of anilines is 2. The minimum absolute atomic E-state index is 0.130. The number of rotatable bonds is 3. The molecule has 1 saturated heterocycles. The van der Waals surface area contributed by atoms with E-state index in [0.717, 1.165) is 0 Å². The lowest BCUT2D eigenvalue weighted by Crippen LogP contribution is -2.25. The van der Waals surface area contributed by atoms with Crippen LogP contribution in [0, 0.1) is 0 Å². The molecule has 1 aromatic heterocycles. The molecule has 9 heteroatoms. The number of nitrogens with zero attached hydrogens (tertiary/aromatic N) is 2. The van der Waals surface area contributed by atoms with Crippen molar-refractivity contribution in [2.75, 3.05) is 21.9 Å². The third kappa shape index (κ3) is 2.79. The van der Waals surface area contributed by atoms with Gasteiger partial charge in [0.25, 0.3) is 5.91 Å². The summed E-state index contributed by atoms with van der Waals surface area (Å²) < 4.78 is 25.2. The van der Waals surface area contributed by atoms with Crippen LogP contribution >= 0.6 is 11.6 Å². The third-order valence-corrected chi connectivity index (χ3v) is 5.53. The molecule has 7 nitrogen and oxygen atoms in total. The number of hydrogen-bond donors (Lipinski definition) is 2. The fraction of sp³-hybridized carbons (Fsp3) is 0.231. The molecule has 22 heavy (non-hydrogen) atoms. The van der Waals surface area contributed by atoms with Crippen molar-refractivity contribution in [3.63, 3.8) is 0 Å². The van der Waals surface area contributed by atoms with E-state index in [1.807, 2.05) is 0 Å². The topological polar surface area (TPSA) is 95.2 Å². The van der Waals surface area contributed by atoms with Gasteiger partial charge < -0.3 is 5.32 Å². The van der Waals surface area contributed by atoms with Crippen LogP contribution in [-0.2, 0) is 10.0 Å². The van der Waals surface area contributed by atoms with E-state index in [-0.39, 0.29) is 11.4 Å². The smallest absolute Gasteiger partial charge is 0.273 e. The summed E-state index contributed by atoms with van der Waals surface area (Å²) in [5.74, 6) is -0.272. The zero-order chi connectivity index (χ0) is 15.7. The first-order chi connectivity index (χ1) is 10.5. The third-order valence-electron chi connectivity index (χ3n) is 3.33. The van der Waals surface area contributed by atoms with Crippen LogP contribution in [0.4, 0.5) is 11.4 Å². The molecule has 1 aliphatic rings. The van der Waals surface area contributed by atoms with Gasteiger partial charge in [-0.1, -0.05) is 11.6 Å². The summed E-state index contributed by atoms with van der Waals surface area (Å²) in [6.45, 7) is 0.428. The van der Waals surface area contributed by atoms with E-state index >= 15 is 0 Å². The summed E-state index contributed by atoms with van der Waals surface area (Å²) in [4.78, 5) is 12.0. The van der Waals surface area contributed by atoms with Crippen molar-refractivity contribution >= 4 is 38.9 Å². The van der Waals surface area contributed by atoms with Gasteiger partial charge in [-0.25, -0.2) is 8.42 Å². The maximum atomic E-state index is 12.0. The van der Waals surface area contributed by atoms with Gasteiger partial charge >= 0.3 is 0 Å². The monoisotopic (exact) mass is 340 g/mol. The fourth-order valence-electron chi connectivity index (χ4n) is 2.27. The molecular weight excluding hydrogens is 328 g/mol. The minimum Gasteiger partial charge on any atom is -0.319 e. The zero-order valence-corrected chi connectivity index (χ0v) is 13.0. The Morgan fingerprint density at radius 3 is 2.82 bits per heavy atom. The number of carbonyl (C=O) groups excluding carboxylic acids is 1. The van der Waals surface area contributed by atoms with E-state index in [0.29, 0.717) is 29.4 Å². The summed E-state index contributed by atoms with van der Waals surface area (Å²) in [5.41, 5.74) is 1.12. The first-order valence-electron chi connectivity index (χ1n) is 6.58. The van der Waals surface area contributed by atoms with Crippen LogP contribution in [0.5, 0.6) is 0 Å². The van der Waals surface area contributed by atoms with E-state index in [1.165, 1.54) is 16.6 Å². The Bertz CT molecular complexity index is 805. The Morgan fingerprint density at radius 2 is 2.18 bits per heavy atom. The molecule has 1 aliphatic heterocycles. The van der Waals surface area contributed by atoms with Gasteiger partial charge in [0.05, 0.1) is 22.2 Å². The minimum atomic E-state index is -3.28. The Hall–Kier alpha value is -2.06. The zero-order valence-electron chi connectivity index (χ0n) is 11.4. The maximum Gasteiger partial charge on any atom is 0.273 e. The second kappa shape index (κ2) is 5.62. The average Bonchev–Trinajstić information content (AvgIpc) is 3.10. The predicted octanol–water partition coefficient (Wildman–Crippen LogP) is 1.86. The molecular formula is C13H13ClN4O3S. The second-order valence-electron chi connectivity index (χ2n) is 4.83. The van der Waals surface area contributed by atoms with Gasteiger partial charge in [-0.05, 0) is 30.7 Å². The molecule has 1 amide bonds. The van der Waals surface area contributed by atoms with Gasteiger partial charge in [0.2, 0.25) is 10.0 Å². The van der Waals surface area contributed by atoms with Gasteiger partial charge in [-0.3, -0.25) is 14.2 Å². The number of carbonyl (C=O) groups is 1. The second-order valence-corrected chi connectivity index (χ2v) is 7.25. The van der Waals surface area contributed by atoms with Crippen LogP contribution in [0.1, 0.15) is 16.9 Å². The number of aromatic nitrogens is 2. The normalized spacial score (nSPS) is 16.7. The van der Waals surface area contributed by atoms with Crippen molar-refractivity contribution in [2.45, 2.75) is 6.42 Å². The largest absolute Gasteiger partial charge is 0.319 e. The standard InChI is InChI=1S/C13H13ClN4O3S/c14-10-3-2-9(18-6-1-7-22(18,20)21)8-12(10)16-13(19)11-4-5-15-17-11/h2-5,8H,1,6-7H2,(H,15,17)(H,16,19). The Labute approximate surface area is 132 Å². The quantitative estimate of drug-likeness (QED) is 0.891. The summed E-state index contributed by atoms with van der Waals surface area (Å²) >= 11 is 6.07. The lowest BCUT2D eigenvalue weighted by molar-refractivity contribution is 0.102. The molecule has 116 valence electrons. The lowest BCUT2D eigenvalue weighted by Gasteiger charge is -2.18. The average molecular weight is 341 g/mol. The summed E-state index contributed by atoms with van der Waals surface area (Å²) in [6, 6.07) is 6.27. The highest BCUT2D eigenvalue weighted by molar-refractivity contribution is 7.93. The van der Waals surface area contributed by atoms with E-state index in [9.17, 15) is 13.2 Å². The summed E-state index contributed by atoms with van der Waals surface area (Å²) in [6.07, 6.45) is 2.05. The van der Waals surface area contributed by atoms with Gasteiger partial charge in [-0.2, -0.15) is 5.10 Å². The molecule has 2 heterocycles. The van der Waals surface area contributed by atoms with Crippen LogP contribution in [0.25, 0.3) is 0 Å². The number of aromatic amines is 1. The fourth-order valence-corrected chi connectivity index (χ4v) is 3.99. The van der Waals surface area contributed by atoms with E-state index < -0.39 is 15.9 Å². The van der Waals surface area contributed by atoms with Crippen molar-refractivity contribution in [2.24, 2.45) is 0 Å². The van der Waals surface area contributed by atoms with E-state index in [4.69, 9.17) is 11.6 Å². The highest BCUT2D eigenvalue weighted by Gasteiger charge is 2.28. The molecule has 1 aromatic carbocycles. The number of nitrogens with one attached hydrogen (secondary N) is 2. The number of benzene rings is 1. The van der Waals surface area contributed by atoms with Gasteiger partial charge in [0.1, 0.15) is 5.69 Å². The molecule has 0 saturated carbocycles. The van der Waals surface area contributed by atoms with Crippen LogP contribution in [0.3, 0.4) is 0 Å². The van der Waals surface area contributed by atoms with Crippen LogP contribution in [0.15, 0.2) is 30.5 Å². The molecule has 0 spiro atoms. The molecule has 0 radical (unpaired) electrons. The number of sulfonamides is 1. The Balaban J connectivity index is 1.89. The summed E-state index contributed by atoms with van der Waals surface area (Å²) in [7, 11) is -3.28. The number of hydrogen-bond acceptors (Lipinski definition) is 4. The van der Waals surface area contributed by atoms with Gasteiger partial charge in [-0.15, -0.1) is 0 Å². The molecule has 2 aromatic rings. The molecule has 0 unspecified atom stereocenters. The molecule has 2 N–H and O–H groups in total. The number of H-pyrrole nitrogens is 1. The number of amides is 1. The van der Waals surface area contributed by atoms with Gasteiger partial charge in [0, 0.05) is 12.7 Å². The SMILES string of the molecule is O=C(Nc1cc(N2CCCS2(=O)=O)ccc1Cl)c1ccn[nH]1. The Morgan fingerprint density at radius 1 is 1.36 bits per heavy atom. The highest BCUT2D eigenvalue weighted by Crippen LogP contribution is 2.31. The Kier molecular flexibility index (Phi) is 3.79. The van der Waals surface area contributed by atoms with Gasteiger partial charge in [0.15, 0.2) is 0 Å². The van der Waals surface area contributed by atoms with Crippen molar-refractivity contribution in [1.29, 1.82) is 0 Å². The number of halogens is 1. The first kappa shape index (κ1) is 14.9. The van der Waals surface area contributed by atoms with Crippen molar-refractivity contribution in [3.05, 3.63) is 41.2 Å². The van der Waals surface area contributed by atoms with Crippen molar-refractivity contribution < 1.29 is 13.2 Å². The predicted molar refractivity (Wildman–Crippen MR) is 83.7 cm³/mol. The van der Waals surface area contributed by atoms with E-state index in [1.54, 1.807) is 18.2 Å². The van der Waals surface area contributed by atoms with Crippen molar-refractivity contribution in [1.82, 2.24) is 10.2 Å². The first-order valence-corrected chi connectivity index (χ1v) is 8.57. The van der Waals surface area contributed by atoms with Crippen LogP contribution < -0.4 is 9.62 Å². The maximum absolute atomic E-state index is 12.0. The molecule has 0 atom stereocenters. The molecule has 0 bridgehead atoms. The van der Waals surface area contributed by atoms with E-state index in [2.05, 4.69) is 15.5 Å². The van der Waals surface area contributed by atoms with Crippen molar-refractivity contribution in [3.8, 4) is 0 Å². The molecule has 0 aliphatic carbocycles. The van der Waals surface area contributed by atoms with Crippen LogP contribution in [-0.4, -0.2) is 36.8 Å². The highest BCUT2D eigenvalue weighted by atomic mass is 35.5. The summed E-state index contributed by atoms with van der Waals surface area (Å²) in [5, 5.41) is 9.22. The molecule has 3 rings (SSSR count).